The number of hydrogen-bond donors (Lipinski definition) is 1. The molecule has 0 saturated carbocycles. The number of carbonyl (C=O) groups is 1. The number of benzene rings is 1. The van der Waals surface area contributed by atoms with E-state index < -0.39 is 10.0 Å². The Balaban J connectivity index is 2.61. The monoisotopic (exact) mass is 340 g/mol. The van der Waals surface area contributed by atoms with E-state index >= 15 is 0 Å². The van der Waals surface area contributed by atoms with Crippen molar-refractivity contribution in [3.8, 4) is 0 Å². The van der Waals surface area contributed by atoms with Crippen molar-refractivity contribution in [3.63, 3.8) is 0 Å². The van der Waals surface area contributed by atoms with Gasteiger partial charge in [-0.2, -0.15) is 0 Å². The number of anilines is 1. The Morgan fingerprint density at radius 1 is 1.22 bits per heavy atom. The lowest BCUT2D eigenvalue weighted by molar-refractivity contribution is -0.116. The summed E-state index contributed by atoms with van der Waals surface area (Å²) in [7, 11) is -3.29. The molecule has 0 aliphatic carbocycles. The molecule has 0 aliphatic heterocycles. The minimum Gasteiger partial charge on any atom is -0.326 e. The molecule has 5 nitrogen and oxygen atoms in total. The highest BCUT2D eigenvalue weighted by molar-refractivity contribution is 7.88. The summed E-state index contributed by atoms with van der Waals surface area (Å²) in [5, 5.41) is 2.87. The van der Waals surface area contributed by atoms with Gasteiger partial charge in [0.15, 0.2) is 0 Å². The molecule has 0 atom stereocenters. The Morgan fingerprint density at radius 3 is 2.43 bits per heavy atom. The highest BCUT2D eigenvalue weighted by atomic mass is 32.2. The number of rotatable bonds is 9. The lowest BCUT2D eigenvalue weighted by atomic mass is 10.1. The predicted molar refractivity (Wildman–Crippen MR) is 94.9 cm³/mol. The molecule has 1 aromatic carbocycles. The molecule has 1 N–H and O–H groups in total. The summed E-state index contributed by atoms with van der Waals surface area (Å²) in [6.07, 6.45) is 2.97. The van der Waals surface area contributed by atoms with Gasteiger partial charge in [-0.1, -0.05) is 39.0 Å². The molecule has 0 heterocycles. The highest BCUT2D eigenvalue weighted by Gasteiger charge is 2.18. The molecular formula is C17H28N2O3S. The van der Waals surface area contributed by atoms with Crippen molar-refractivity contribution >= 4 is 21.6 Å². The van der Waals surface area contributed by atoms with Crippen LogP contribution in [0.1, 0.15) is 39.2 Å². The quantitative estimate of drug-likeness (QED) is 0.751. The summed E-state index contributed by atoms with van der Waals surface area (Å²) < 4.78 is 25.0. The molecule has 0 aromatic heterocycles. The first-order chi connectivity index (χ1) is 10.7. The number of para-hydroxylation sites is 1. The summed E-state index contributed by atoms with van der Waals surface area (Å²) in [6.45, 7) is 6.80. The summed E-state index contributed by atoms with van der Waals surface area (Å²) in [4.78, 5) is 12.1. The third-order valence-electron chi connectivity index (χ3n) is 3.69. The summed E-state index contributed by atoms with van der Waals surface area (Å²) in [6, 6.07) is 7.65. The average molecular weight is 340 g/mol. The standard InChI is InChI=1S/C17H28N2O3S/c1-5-15-8-6-7-9-16(15)18-17(20)11-13-19(23(4,21)22)12-10-14(2)3/h6-9,14H,5,10-13H2,1-4H3,(H,18,20). The first kappa shape index (κ1) is 19.6. The maximum atomic E-state index is 12.1. The van der Waals surface area contributed by atoms with Gasteiger partial charge < -0.3 is 5.32 Å². The Morgan fingerprint density at radius 2 is 1.87 bits per heavy atom. The van der Waals surface area contributed by atoms with Gasteiger partial charge in [0.05, 0.1) is 6.26 Å². The number of nitrogens with zero attached hydrogens (tertiary/aromatic N) is 1. The smallest absolute Gasteiger partial charge is 0.225 e. The van der Waals surface area contributed by atoms with Crippen LogP contribution >= 0.6 is 0 Å². The molecule has 1 aromatic rings. The largest absolute Gasteiger partial charge is 0.326 e. The topological polar surface area (TPSA) is 66.5 Å². The van der Waals surface area contributed by atoms with Crippen molar-refractivity contribution in [2.24, 2.45) is 5.92 Å². The molecule has 0 bridgehead atoms. The fourth-order valence-corrected chi connectivity index (χ4v) is 3.10. The van der Waals surface area contributed by atoms with Crippen LogP contribution in [-0.4, -0.2) is 38.0 Å². The number of nitrogens with one attached hydrogen (secondary N) is 1. The zero-order chi connectivity index (χ0) is 17.5. The van der Waals surface area contributed by atoms with Crippen molar-refractivity contribution in [2.45, 2.75) is 40.0 Å². The summed E-state index contributed by atoms with van der Waals surface area (Å²) in [5.74, 6) is 0.258. The van der Waals surface area contributed by atoms with Crippen molar-refractivity contribution in [1.29, 1.82) is 0 Å². The fourth-order valence-electron chi connectivity index (χ4n) is 2.24. The predicted octanol–water partition coefficient (Wildman–Crippen LogP) is 2.89. The van der Waals surface area contributed by atoms with Gasteiger partial charge in [0.2, 0.25) is 15.9 Å². The van der Waals surface area contributed by atoms with Gasteiger partial charge in [-0.3, -0.25) is 4.79 Å². The van der Waals surface area contributed by atoms with Crippen molar-refractivity contribution in [2.75, 3.05) is 24.7 Å². The van der Waals surface area contributed by atoms with E-state index in [0.29, 0.717) is 12.5 Å². The first-order valence-electron chi connectivity index (χ1n) is 8.07. The van der Waals surface area contributed by atoms with E-state index in [-0.39, 0.29) is 18.9 Å². The second-order valence-electron chi connectivity index (χ2n) is 6.15. The second kappa shape index (κ2) is 9.03. The molecule has 23 heavy (non-hydrogen) atoms. The van der Waals surface area contributed by atoms with Gasteiger partial charge in [-0.25, -0.2) is 12.7 Å². The Hall–Kier alpha value is -1.40. The van der Waals surface area contributed by atoms with Gasteiger partial charge in [-0.15, -0.1) is 0 Å². The maximum Gasteiger partial charge on any atom is 0.225 e. The van der Waals surface area contributed by atoms with Crippen LogP contribution in [0.5, 0.6) is 0 Å². The second-order valence-corrected chi connectivity index (χ2v) is 8.14. The third kappa shape index (κ3) is 7.14. The Bertz CT molecular complexity index is 612. The van der Waals surface area contributed by atoms with Crippen LogP contribution in [-0.2, 0) is 21.2 Å². The minimum absolute atomic E-state index is 0.156. The average Bonchev–Trinajstić information content (AvgIpc) is 2.46. The van der Waals surface area contributed by atoms with Crippen LogP contribution in [0.15, 0.2) is 24.3 Å². The molecule has 1 amide bonds. The molecule has 0 saturated heterocycles. The zero-order valence-corrected chi connectivity index (χ0v) is 15.3. The number of amides is 1. The molecule has 6 heteroatoms. The van der Waals surface area contributed by atoms with Gasteiger partial charge in [0.25, 0.3) is 0 Å². The SMILES string of the molecule is CCc1ccccc1NC(=O)CCN(CCC(C)C)S(C)(=O)=O. The van der Waals surface area contributed by atoms with Crippen LogP contribution < -0.4 is 5.32 Å². The molecule has 0 radical (unpaired) electrons. The van der Waals surface area contributed by atoms with E-state index in [1.807, 2.05) is 31.2 Å². The summed E-state index contributed by atoms with van der Waals surface area (Å²) in [5.41, 5.74) is 1.87. The minimum atomic E-state index is -3.29. The van der Waals surface area contributed by atoms with Crippen LogP contribution in [0.4, 0.5) is 5.69 Å². The number of aryl methyl sites for hydroxylation is 1. The van der Waals surface area contributed by atoms with Crippen molar-refractivity contribution in [1.82, 2.24) is 4.31 Å². The van der Waals surface area contributed by atoms with Gasteiger partial charge in [0.1, 0.15) is 0 Å². The van der Waals surface area contributed by atoms with E-state index in [4.69, 9.17) is 0 Å². The Labute approximate surface area is 140 Å². The molecule has 130 valence electrons. The fraction of sp³-hybridized carbons (Fsp3) is 0.588. The van der Waals surface area contributed by atoms with Crippen LogP contribution in [0.25, 0.3) is 0 Å². The molecule has 0 unspecified atom stereocenters. The van der Waals surface area contributed by atoms with Crippen molar-refractivity contribution in [3.05, 3.63) is 29.8 Å². The van der Waals surface area contributed by atoms with Gasteiger partial charge in [0, 0.05) is 25.2 Å². The highest BCUT2D eigenvalue weighted by Crippen LogP contribution is 2.16. The van der Waals surface area contributed by atoms with Crippen LogP contribution in [0.2, 0.25) is 0 Å². The van der Waals surface area contributed by atoms with Gasteiger partial charge >= 0.3 is 0 Å². The molecule has 0 spiro atoms. The van der Waals surface area contributed by atoms with E-state index in [0.717, 1.165) is 24.1 Å². The molecule has 0 fully saturated rings. The number of sulfonamides is 1. The normalized spacial score (nSPS) is 11.9. The maximum absolute atomic E-state index is 12.1. The Kier molecular flexibility index (Phi) is 7.72. The summed E-state index contributed by atoms with van der Waals surface area (Å²) >= 11 is 0. The van der Waals surface area contributed by atoms with Crippen LogP contribution in [0, 0.1) is 5.92 Å². The first-order valence-corrected chi connectivity index (χ1v) is 9.91. The van der Waals surface area contributed by atoms with Gasteiger partial charge in [-0.05, 0) is 30.4 Å². The van der Waals surface area contributed by atoms with Crippen LogP contribution in [0.3, 0.4) is 0 Å². The molecule has 0 aliphatic rings. The van der Waals surface area contributed by atoms with E-state index in [1.54, 1.807) is 0 Å². The van der Waals surface area contributed by atoms with Crippen molar-refractivity contribution < 1.29 is 13.2 Å². The number of hydrogen-bond acceptors (Lipinski definition) is 3. The molecular weight excluding hydrogens is 312 g/mol. The lowest BCUT2D eigenvalue weighted by Gasteiger charge is -2.20. The lowest BCUT2D eigenvalue weighted by Crippen LogP contribution is -2.34. The van der Waals surface area contributed by atoms with E-state index in [9.17, 15) is 13.2 Å². The molecule has 1 rings (SSSR count). The third-order valence-corrected chi connectivity index (χ3v) is 4.99. The van der Waals surface area contributed by atoms with E-state index in [2.05, 4.69) is 19.2 Å². The van der Waals surface area contributed by atoms with E-state index in [1.165, 1.54) is 10.6 Å². The number of carbonyl (C=O) groups excluding carboxylic acids is 1. The zero-order valence-electron chi connectivity index (χ0n) is 14.5.